The number of aromatic nitrogens is 6. The average molecular weight is 401 g/mol. The van der Waals surface area contributed by atoms with Crippen LogP contribution in [-0.4, -0.2) is 36.1 Å². The molecule has 30 heavy (non-hydrogen) atoms. The fourth-order valence-electron chi connectivity index (χ4n) is 3.78. The van der Waals surface area contributed by atoms with Crippen molar-refractivity contribution in [2.45, 2.75) is 32.2 Å². The molecule has 1 amide bonds. The molecule has 0 bridgehead atoms. The molecule has 1 aliphatic heterocycles. The Morgan fingerprint density at radius 1 is 1.10 bits per heavy atom. The molecule has 150 valence electrons. The zero-order valence-electron chi connectivity index (χ0n) is 16.1. The molecule has 0 atom stereocenters. The SMILES string of the molecule is O=C(Nc1cccc(-c2nn[nH]n2)c1)c1ccc2c(=O)n3c(nc2c1)CCCCC3. The lowest BCUT2D eigenvalue weighted by atomic mass is 10.1. The molecule has 3 heterocycles. The fraction of sp³-hybridized carbons (Fsp3) is 0.238. The van der Waals surface area contributed by atoms with Gasteiger partial charge in [0.15, 0.2) is 0 Å². The van der Waals surface area contributed by atoms with E-state index in [4.69, 9.17) is 4.98 Å². The first kappa shape index (κ1) is 18.2. The maximum absolute atomic E-state index is 12.9. The van der Waals surface area contributed by atoms with Gasteiger partial charge < -0.3 is 5.32 Å². The molecule has 0 aliphatic carbocycles. The van der Waals surface area contributed by atoms with Crippen LogP contribution in [0.2, 0.25) is 0 Å². The Kier molecular flexibility index (Phi) is 4.55. The van der Waals surface area contributed by atoms with Gasteiger partial charge in [0.2, 0.25) is 5.82 Å². The number of carbonyl (C=O) groups excluding carboxylic acids is 1. The zero-order valence-corrected chi connectivity index (χ0v) is 16.1. The van der Waals surface area contributed by atoms with Crippen molar-refractivity contribution < 1.29 is 4.79 Å². The maximum Gasteiger partial charge on any atom is 0.261 e. The summed E-state index contributed by atoms with van der Waals surface area (Å²) in [5.41, 5.74) is 2.31. The molecular formula is C21H19N7O2. The largest absolute Gasteiger partial charge is 0.322 e. The molecule has 2 aromatic heterocycles. The number of amides is 1. The van der Waals surface area contributed by atoms with Crippen molar-refractivity contribution in [3.63, 3.8) is 0 Å². The number of hydrogen-bond acceptors (Lipinski definition) is 6. The molecule has 1 aliphatic rings. The van der Waals surface area contributed by atoms with Gasteiger partial charge in [-0.1, -0.05) is 18.6 Å². The zero-order chi connectivity index (χ0) is 20.5. The number of fused-ring (bicyclic) bond motifs is 2. The second kappa shape index (κ2) is 7.51. The standard InChI is InChI=1S/C21H19N7O2/c29-20(22-15-6-4-5-13(11-15)19-24-26-27-25-19)14-8-9-16-17(12-14)23-18-7-2-1-3-10-28(18)21(16)30/h4-6,8-9,11-12H,1-3,7,10H2,(H,22,29)(H,24,25,26,27). The number of aromatic amines is 1. The van der Waals surface area contributed by atoms with Gasteiger partial charge in [-0.3, -0.25) is 14.2 Å². The number of nitrogens with one attached hydrogen (secondary N) is 2. The molecule has 2 aromatic carbocycles. The number of H-pyrrole nitrogens is 1. The molecule has 9 heteroatoms. The summed E-state index contributed by atoms with van der Waals surface area (Å²) in [4.78, 5) is 30.4. The highest BCUT2D eigenvalue weighted by Gasteiger charge is 2.15. The Morgan fingerprint density at radius 2 is 2.03 bits per heavy atom. The second-order valence-corrected chi connectivity index (χ2v) is 7.30. The number of benzene rings is 2. The predicted molar refractivity (Wildman–Crippen MR) is 111 cm³/mol. The number of anilines is 1. The minimum Gasteiger partial charge on any atom is -0.322 e. The first-order valence-electron chi connectivity index (χ1n) is 9.88. The Morgan fingerprint density at radius 3 is 2.90 bits per heavy atom. The summed E-state index contributed by atoms with van der Waals surface area (Å²) < 4.78 is 1.78. The minimum atomic E-state index is -0.279. The van der Waals surface area contributed by atoms with Gasteiger partial charge >= 0.3 is 0 Å². The molecule has 0 radical (unpaired) electrons. The second-order valence-electron chi connectivity index (χ2n) is 7.30. The van der Waals surface area contributed by atoms with Gasteiger partial charge in [-0.15, -0.1) is 10.2 Å². The summed E-state index contributed by atoms with van der Waals surface area (Å²) in [6.07, 6.45) is 3.89. The quantitative estimate of drug-likeness (QED) is 0.545. The third-order valence-corrected chi connectivity index (χ3v) is 5.30. The van der Waals surface area contributed by atoms with Crippen molar-refractivity contribution in [3.8, 4) is 11.4 Å². The van der Waals surface area contributed by atoms with Crippen LogP contribution in [-0.2, 0) is 13.0 Å². The number of hydrogen-bond donors (Lipinski definition) is 2. The molecule has 0 unspecified atom stereocenters. The normalized spacial score (nSPS) is 13.6. The van der Waals surface area contributed by atoms with Crippen LogP contribution in [0, 0.1) is 0 Å². The van der Waals surface area contributed by atoms with E-state index in [-0.39, 0.29) is 11.5 Å². The Labute approximate surface area is 171 Å². The van der Waals surface area contributed by atoms with E-state index >= 15 is 0 Å². The molecule has 2 N–H and O–H groups in total. The van der Waals surface area contributed by atoms with Crippen LogP contribution in [0.25, 0.3) is 22.3 Å². The van der Waals surface area contributed by atoms with E-state index in [2.05, 4.69) is 25.9 Å². The number of carbonyl (C=O) groups is 1. The van der Waals surface area contributed by atoms with E-state index in [9.17, 15) is 9.59 Å². The number of tetrazole rings is 1. The van der Waals surface area contributed by atoms with Gasteiger partial charge in [0.05, 0.1) is 10.9 Å². The summed E-state index contributed by atoms with van der Waals surface area (Å²) in [7, 11) is 0. The summed E-state index contributed by atoms with van der Waals surface area (Å²) >= 11 is 0. The first-order chi connectivity index (χ1) is 14.7. The molecule has 4 aromatic rings. The summed E-state index contributed by atoms with van der Waals surface area (Å²) in [6, 6.07) is 12.2. The van der Waals surface area contributed by atoms with Crippen LogP contribution in [0.5, 0.6) is 0 Å². The predicted octanol–water partition coefficient (Wildman–Crippen LogP) is 2.56. The molecule has 0 saturated carbocycles. The smallest absolute Gasteiger partial charge is 0.261 e. The Balaban J connectivity index is 1.45. The monoisotopic (exact) mass is 401 g/mol. The third-order valence-electron chi connectivity index (χ3n) is 5.30. The van der Waals surface area contributed by atoms with E-state index in [1.807, 2.05) is 6.07 Å². The van der Waals surface area contributed by atoms with Crippen molar-refractivity contribution in [2.75, 3.05) is 5.32 Å². The van der Waals surface area contributed by atoms with E-state index < -0.39 is 0 Å². The van der Waals surface area contributed by atoms with Gasteiger partial charge in [0.25, 0.3) is 11.5 Å². The number of rotatable bonds is 3. The van der Waals surface area contributed by atoms with E-state index in [1.165, 1.54) is 0 Å². The topological polar surface area (TPSA) is 118 Å². The molecular weight excluding hydrogens is 382 g/mol. The summed E-state index contributed by atoms with van der Waals surface area (Å²) in [5, 5.41) is 17.3. The van der Waals surface area contributed by atoms with Gasteiger partial charge in [-0.2, -0.15) is 5.21 Å². The van der Waals surface area contributed by atoms with E-state index in [1.54, 1.807) is 41.0 Å². The lowest BCUT2D eigenvalue weighted by Crippen LogP contribution is -2.24. The Bertz CT molecular complexity index is 1290. The van der Waals surface area contributed by atoms with E-state index in [0.717, 1.165) is 37.1 Å². The molecule has 0 spiro atoms. The highest BCUT2D eigenvalue weighted by Crippen LogP contribution is 2.20. The van der Waals surface area contributed by atoms with Gasteiger partial charge in [-0.05, 0) is 48.4 Å². The van der Waals surface area contributed by atoms with Crippen molar-refractivity contribution >= 4 is 22.5 Å². The molecule has 5 rings (SSSR count). The molecule has 0 fully saturated rings. The average Bonchev–Trinajstić information content (AvgIpc) is 3.20. The fourth-order valence-corrected chi connectivity index (χ4v) is 3.78. The minimum absolute atomic E-state index is 0.0309. The van der Waals surface area contributed by atoms with Crippen LogP contribution >= 0.6 is 0 Å². The highest BCUT2D eigenvalue weighted by molar-refractivity contribution is 6.06. The number of aryl methyl sites for hydroxylation is 1. The highest BCUT2D eigenvalue weighted by atomic mass is 16.1. The van der Waals surface area contributed by atoms with Gasteiger partial charge in [0, 0.05) is 29.8 Å². The summed E-state index contributed by atoms with van der Waals surface area (Å²) in [5.74, 6) is 0.969. The number of nitrogens with zero attached hydrogens (tertiary/aromatic N) is 5. The lowest BCUT2D eigenvalue weighted by molar-refractivity contribution is 0.102. The lowest BCUT2D eigenvalue weighted by Gasteiger charge is -2.11. The first-order valence-corrected chi connectivity index (χ1v) is 9.88. The molecule has 9 nitrogen and oxygen atoms in total. The van der Waals surface area contributed by atoms with Gasteiger partial charge in [-0.25, -0.2) is 4.98 Å². The Hall–Kier alpha value is -3.88. The van der Waals surface area contributed by atoms with Crippen LogP contribution < -0.4 is 10.9 Å². The van der Waals surface area contributed by atoms with Crippen LogP contribution in [0.4, 0.5) is 5.69 Å². The third kappa shape index (κ3) is 3.34. The van der Waals surface area contributed by atoms with Crippen molar-refractivity contribution in [1.82, 2.24) is 30.2 Å². The summed E-state index contributed by atoms with van der Waals surface area (Å²) in [6.45, 7) is 0.704. The van der Waals surface area contributed by atoms with Gasteiger partial charge in [0.1, 0.15) is 5.82 Å². The van der Waals surface area contributed by atoms with E-state index in [0.29, 0.717) is 34.5 Å². The van der Waals surface area contributed by atoms with Crippen LogP contribution in [0.15, 0.2) is 47.3 Å². The van der Waals surface area contributed by atoms with Crippen molar-refractivity contribution in [3.05, 3.63) is 64.2 Å². The van der Waals surface area contributed by atoms with Crippen molar-refractivity contribution in [2.24, 2.45) is 0 Å². The molecule has 0 saturated heterocycles. The van der Waals surface area contributed by atoms with Crippen LogP contribution in [0.3, 0.4) is 0 Å². The van der Waals surface area contributed by atoms with Crippen LogP contribution in [0.1, 0.15) is 35.4 Å². The van der Waals surface area contributed by atoms with Crippen molar-refractivity contribution in [1.29, 1.82) is 0 Å². The maximum atomic E-state index is 12.9.